The molecule has 31 heavy (non-hydrogen) atoms. The second kappa shape index (κ2) is 8.71. The molecule has 4 rings (SSSR count). The fourth-order valence-electron chi connectivity index (χ4n) is 4.26. The number of ether oxygens (including phenoxy) is 2. The summed E-state index contributed by atoms with van der Waals surface area (Å²) in [5.74, 6) is 0.262. The number of rotatable bonds is 5. The smallest absolute Gasteiger partial charge is 0.345 e. The maximum Gasteiger partial charge on any atom is 0.345 e. The second-order valence-corrected chi connectivity index (χ2v) is 7.47. The molecule has 2 aromatic carbocycles. The van der Waals surface area contributed by atoms with E-state index in [1.54, 1.807) is 21.1 Å². The quantitative estimate of drug-likeness (QED) is 0.590. The number of benzene rings is 2. The van der Waals surface area contributed by atoms with E-state index in [1.165, 1.54) is 4.57 Å². The molecule has 0 atom stereocenters. The zero-order valence-corrected chi connectivity index (χ0v) is 18.1. The lowest BCUT2D eigenvalue weighted by Crippen LogP contribution is -2.48. The minimum Gasteiger partial charge on any atom is -0.495 e. The number of piperazine rings is 1. The van der Waals surface area contributed by atoms with Crippen molar-refractivity contribution in [1.29, 1.82) is 0 Å². The molecule has 1 saturated heterocycles. The molecule has 1 fully saturated rings. The Morgan fingerprint density at radius 2 is 1.61 bits per heavy atom. The zero-order valence-electron chi connectivity index (χ0n) is 18.1. The largest absolute Gasteiger partial charge is 0.495 e. The van der Waals surface area contributed by atoms with Crippen molar-refractivity contribution in [2.45, 2.75) is 6.92 Å². The molecule has 1 aliphatic rings. The van der Waals surface area contributed by atoms with E-state index in [2.05, 4.69) is 9.80 Å². The molecule has 0 amide bonds. The summed E-state index contributed by atoms with van der Waals surface area (Å²) < 4.78 is 12.3. The van der Waals surface area contributed by atoms with Crippen LogP contribution in [0.15, 0.2) is 53.3 Å². The maximum atomic E-state index is 13.1. The first-order chi connectivity index (χ1) is 15.1. The van der Waals surface area contributed by atoms with E-state index < -0.39 is 5.97 Å². The fourth-order valence-corrected chi connectivity index (χ4v) is 4.26. The zero-order chi connectivity index (χ0) is 22.0. The summed E-state index contributed by atoms with van der Waals surface area (Å²) in [5, 5.41) is 0.874. The van der Waals surface area contributed by atoms with Gasteiger partial charge in [-0.1, -0.05) is 30.3 Å². The Kier molecular flexibility index (Phi) is 5.84. The van der Waals surface area contributed by atoms with Crippen molar-refractivity contribution in [3.63, 3.8) is 0 Å². The van der Waals surface area contributed by atoms with Crippen molar-refractivity contribution < 1.29 is 14.3 Å². The van der Waals surface area contributed by atoms with Crippen molar-refractivity contribution >= 4 is 28.2 Å². The Bertz CT molecular complexity index is 1160. The highest BCUT2D eigenvalue weighted by molar-refractivity contribution is 6.05. The first-order valence-electron chi connectivity index (χ1n) is 10.5. The molecule has 0 unspecified atom stereocenters. The van der Waals surface area contributed by atoms with E-state index in [9.17, 15) is 9.59 Å². The van der Waals surface area contributed by atoms with Gasteiger partial charge in [-0.05, 0) is 25.1 Å². The second-order valence-electron chi connectivity index (χ2n) is 7.47. The predicted octanol–water partition coefficient (Wildman–Crippen LogP) is 3.05. The van der Waals surface area contributed by atoms with Crippen molar-refractivity contribution in [1.82, 2.24) is 4.57 Å². The minimum atomic E-state index is -0.573. The molecule has 0 N–H and O–H groups in total. The van der Waals surface area contributed by atoms with Gasteiger partial charge in [0.05, 0.1) is 30.6 Å². The van der Waals surface area contributed by atoms with Gasteiger partial charge in [0.2, 0.25) is 0 Å². The molecule has 7 nitrogen and oxygen atoms in total. The van der Waals surface area contributed by atoms with Gasteiger partial charge in [0, 0.05) is 38.6 Å². The lowest BCUT2D eigenvalue weighted by Gasteiger charge is -2.38. The van der Waals surface area contributed by atoms with Crippen LogP contribution in [0.4, 0.5) is 11.4 Å². The average Bonchev–Trinajstić information content (AvgIpc) is 2.81. The number of carbonyl (C=O) groups is 1. The molecule has 0 radical (unpaired) electrons. The molecule has 3 aromatic rings. The number of esters is 1. The van der Waals surface area contributed by atoms with Crippen molar-refractivity contribution in [3.8, 4) is 5.75 Å². The Hall–Kier alpha value is -3.48. The summed E-state index contributed by atoms with van der Waals surface area (Å²) in [6.07, 6.45) is 0. The molecule has 1 aliphatic heterocycles. The predicted molar refractivity (Wildman–Crippen MR) is 123 cm³/mol. The minimum absolute atomic E-state index is 0.105. The third-order valence-electron chi connectivity index (χ3n) is 5.78. The third kappa shape index (κ3) is 3.71. The number of pyridine rings is 1. The molecule has 0 spiro atoms. The molecular formula is C24H27N3O4. The van der Waals surface area contributed by atoms with Gasteiger partial charge in [0.25, 0.3) is 5.56 Å². The first kappa shape index (κ1) is 20.8. The van der Waals surface area contributed by atoms with Crippen LogP contribution in [0.2, 0.25) is 0 Å². The number of hydrogen-bond acceptors (Lipinski definition) is 6. The van der Waals surface area contributed by atoms with E-state index in [1.807, 2.05) is 48.5 Å². The summed E-state index contributed by atoms with van der Waals surface area (Å²) in [6.45, 7) is 4.78. The molecule has 0 aliphatic carbocycles. The number of para-hydroxylation sites is 3. The number of anilines is 2. The average molecular weight is 421 g/mol. The molecule has 162 valence electrons. The highest BCUT2D eigenvalue weighted by Gasteiger charge is 2.28. The number of hydrogen-bond donors (Lipinski definition) is 0. The van der Waals surface area contributed by atoms with Gasteiger partial charge < -0.3 is 23.8 Å². The fraction of sp³-hybridized carbons (Fsp3) is 0.333. The van der Waals surface area contributed by atoms with Crippen LogP contribution in [-0.2, 0) is 11.8 Å². The normalized spacial score (nSPS) is 14.0. The number of carbonyl (C=O) groups excluding carboxylic acids is 1. The van der Waals surface area contributed by atoms with Crippen LogP contribution in [0, 0.1) is 0 Å². The summed E-state index contributed by atoms with van der Waals surface area (Å²) in [5.41, 5.74) is 2.27. The van der Waals surface area contributed by atoms with Crippen LogP contribution >= 0.6 is 0 Å². The summed E-state index contributed by atoms with van der Waals surface area (Å²) in [7, 11) is 3.36. The molecule has 0 saturated carbocycles. The number of methoxy groups -OCH3 is 1. The topological polar surface area (TPSA) is 64.0 Å². The summed E-state index contributed by atoms with van der Waals surface area (Å²) in [6, 6.07) is 15.6. The highest BCUT2D eigenvalue weighted by atomic mass is 16.5. The van der Waals surface area contributed by atoms with Gasteiger partial charge in [0.15, 0.2) is 0 Å². The Morgan fingerprint density at radius 3 is 2.32 bits per heavy atom. The van der Waals surface area contributed by atoms with Crippen LogP contribution in [0.1, 0.15) is 17.3 Å². The summed E-state index contributed by atoms with van der Waals surface area (Å²) >= 11 is 0. The van der Waals surface area contributed by atoms with Crippen LogP contribution in [-0.4, -0.2) is 50.4 Å². The monoisotopic (exact) mass is 421 g/mol. The number of aryl methyl sites for hydroxylation is 1. The Balaban J connectivity index is 1.75. The van der Waals surface area contributed by atoms with Gasteiger partial charge in [-0.2, -0.15) is 0 Å². The van der Waals surface area contributed by atoms with Crippen molar-refractivity contribution in [2.24, 2.45) is 7.05 Å². The Labute approximate surface area is 181 Å². The molecule has 7 heteroatoms. The molecule has 2 heterocycles. The van der Waals surface area contributed by atoms with E-state index in [4.69, 9.17) is 9.47 Å². The number of nitrogens with zero attached hydrogens (tertiary/aromatic N) is 3. The van der Waals surface area contributed by atoms with E-state index in [-0.39, 0.29) is 17.7 Å². The van der Waals surface area contributed by atoms with Gasteiger partial charge >= 0.3 is 5.97 Å². The van der Waals surface area contributed by atoms with Crippen molar-refractivity contribution in [3.05, 3.63) is 64.4 Å². The maximum absolute atomic E-state index is 13.1. The molecule has 0 bridgehead atoms. The summed E-state index contributed by atoms with van der Waals surface area (Å²) in [4.78, 5) is 30.3. The lowest BCUT2D eigenvalue weighted by molar-refractivity contribution is 0.0524. The van der Waals surface area contributed by atoms with Crippen LogP contribution in [0.3, 0.4) is 0 Å². The van der Waals surface area contributed by atoms with Crippen LogP contribution < -0.4 is 20.1 Å². The first-order valence-corrected chi connectivity index (χ1v) is 10.5. The van der Waals surface area contributed by atoms with Gasteiger partial charge in [-0.3, -0.25) is 4.79 Å². The standard InChI is InChI=1S/C24H27N3O4/c1-4-31-24(29)21-22(17-9-5-6-10-18(17)25(2)23(21)28)27-15-13-26(14-16-27)19-11-7-8-12-20(19)30-3/h5-12H,4,13-16H2,1-3H3. The highest BCUT2D eigenvalue weighted by Crippen LogP contribution is 2.33. The van der Waals surface area contributed by atoms with Crippen LogP contribution in [0.5, 0.6) is 5.75 Å². The number of fused-ring (bicyclic) bond motifs is 1. The SMILES string of the molecule is CCOC(=O)c1c(N2CCN(c3ccccc3OC)CC2)c2ccccc2n(C)c1=O. The van der Waals surface area contributed by atoms with E-state index in [0.717, 1.165) is 35.4 Å². The van der Waals surface area contributed by atoms with Gasteiger partial charge in [-0.25, -0.2) is 4.79 Å². The number of aromatic nitrogens is 1. The molecular weight excluding hydrogens is 394 g/mol. The Morgan fingerprint density at radius 1 is 0.968 bits per heavy atom. The van der Waals surface area contributed by atoms with E-state index >= 15 is 0 Å². The van der Waals surface area contributed by atoms with Crippen molar-refractivity contribution in [2.75, 3.05) is 49.7 Å². The van der Waals surface area contributed by atoms with Crippen LogP contribution in [0.25, 0.3) is 10.9 Å². The van der Waals surface area contributed by atoms with Gasteiger partial charge in [-0.15, -0.1) is 0 Å². The lowest BCUT2D eigenvalue weighted by atomic mass is 10.1. The third-order valence-corrected chi connectivity index (χ3v) is 5.78. The van der Waals surface area contributed by atoms with Gasteiger partial charge in [0.1, 0.15) is 11.3 Å². The molecule has 1 aromatic heterocycles. The van der Waals surface area contributed by atoms with E-state index in [0.29, 0.717) is 18.8 Å².